The quantitative estimate of drug-likeness (QED) is 0.125. The number of methoxy groups -OCH3 is 1. The van der Waals surface area contributed by atoms with Gasteiger partial charge in [0.05, 0.1) is 19.2 Å². The highest BCUT2D eigenvalue weighted by molar-refractivity contribution is 5.99. The van der Waals surface area contributed by atoms with E-state index in [0.717, 1.165) is 5.56 Å². The number of rotatable bonds is 14. The van der Waals surface area contributed by atoms with Crippen molar-refractivity contribution >= 4 is 29.5 Å². The van der Waals surface area contributed by atoms with E-state index in [1.54, 1.807) is 62.6 Å². The average molecular weight is 757 g/mol. The summed E-state index contributed by atoms with van der Waals surface area (Å²) in [7, 11) is 2.99. The fourth-order valence-electron chi connectivity index (χ4n) is 6.09. The van der Waals surface area contributed by atoms with E-state index in [9.17, 15) is 24.0 Å². The van der Waals surface area contributed by atoms with E-state index in [4.69, 9.17) is 30.9 Å². The van der Waals surface area contributed by atoms with Gasteiger partial charge in [-0.05, 0) is 66.4 Å². The minimum Gasteiger partial charge on any atom is -0.492 e. The first-order chi connectivity index (χ1) is 26.4. The molecule has 4 rings (SSSR count). The summed E-state index contributed by atoms with van der Waals surface area (Å²) in [6, 6.07) is 13.7. The lowest BCUT2D eigenvalue weighted by Gasteiger charge is -2.30. The van der Waals surface area contributed by atoms with Gasteiger partial charge in [-0.1, -0.05) is 24.3 Å². The van der Waals surface area contributed by atoms with Crippen molar-refractivity contribution in [2.75, 3.05) is 53.6 Å². The van der Waals surface area contributed by atoms with Crippen LogP contribution in [0.2, 0.25) is 0 Å². The second-order valence-electron chi connectivity index (χ2n) is 12.9. The van der Waals surface area contributed by atoms with E-state index in [1.807, 2.05) is 12.1 Å². The molecule has 3 aromatic carbocycles. The standard InChI is InChI=1S/C39H48N8O8/c1-23-17-26(22-53-4)5-8-28(23)37(50)44-21-34(48)47(3)35-27-7-10-33(55-16-13-42)30(20-27)29-18-25(6-9-32(29)54-15-12-41)19-31(38(51)43-14-11-40)46-36(49)24(2)45-39(35)52/h5-10,17-18,20,24,31,35H,12-16,19,21-22,41-42H2,1-4H3,(H,43,51)(H,44,50)(H,45,52)(H,46,49)/t24-,31-,35-/m0/s1. The zero-order valence-corrected chi connectivity index (χ0v) is 31.4. The van der Waals surface area contributed by atoms with Crippen molar-refractivity contribution in [3.05, 3.63) is 82.4 Å². The molecule has 0 saturated carbocycles. The molecule has 0 spiro atoms. The van der Waals surface area contributed by atoms with Gasteiger partial charge in [0, 0.05) is 50.4 Å². The van der Waals surface area contributed by atoms with Crippen LogP contribution in [0, 0.1) is 18.3 Å². The van der Waals surface area contributed by atoms with Gasteiger partial charge in [0.15, 0.2) is 0 Å². The molecule has 0 aromatic heterocycles. The molecule has 4 bridgehead atoms. The minimum atomic E-state index is -1.31. The maximum absolute atomic E-state index is 14.2. The molecule has 1 heterocycles. The fourth-order valence-corrected chi connectivity index (χ4v) is 6.09. The third-order valence-electron chi connectivity index (χ3n) is 8.85. The van der Waals surface area contributed by atoms with Crippen molar-refractivity contribution in [2.45, 2.75) is 45.0 Å². The highest BCUT2D eigenvalue weighted by atomic mass is 16.5. The molecule has 16 heteroatoms. The monoisotopic (exact) mass is 756 g/mol. The van der Waals surface area contributed by atoms with Gasteiger partial charge < -0.3 is 51.8 Å². The summed E-state index contributed by atoms with van der Waals surface area (Å²) >= 11 is 0. The van der Waals surface area contributed by atoms with E-state index >= 15 is 0 Å². The first-order valence-corrected chi connectivity index (χ1v) is 17.7. The van der Waals surface area contributed by atoms with E-state index in [0.29, 0.717) is 51.5 Å². The Morgan fingerprint density at radius 2 is 1.60 bits per heavy atom. The van der Waals surface area contributed by atoms with Gasteiger partial charge >= 0.3 is 0 Å². The normalized spacial score (nSPS) is 16.7. The number of likely N-dealkylation sites (N-methyl/N-ethyl adjacent to an activating group) is 1. The van der Waals surface area contributed by atoms with Crippen molar-refractivity contribution in [1.29, 1.82) is 5.26 Å². The number of fused-ring (bicyclic) bond motifs is 5. The summed E-state index contributed by atoms with van der Waals surface area (Å²) in [6.45, 7) is 3.62. The number of ether oxygens (including phenoxy) is 3. The molecule has 0 unspecified atom stereocenters. The van der Waals surface area contributed by atoms with E-state index < -0.39 is 54.2 Å². The van der Waals surface area contributed by atoms with E-state index in [-0.39, 0.29) is 39.3 Å². The number of aryl methyl sites for hydroxylation is 1. The topological polar surface area (TPSA) is 240 Å². The summed E-state index contributed by atoms with van der Waals surface area (Å²) in [5.74, 6) is -2.27. The lowest BCUT2D eigenvalue weighted by atomic mass is 9.93. The van der Waals surface area contributed by atoms with Gasteiger partial charge in [-0.2, -0.15) is 5.26 Å². The van der Waals surface area contributed by atoms with Gasteiger partial charge in [-0.3, -0.25) is 24.0 Å². The van der Waals surface area contributed by atoms with Crippen molar-refractivity contribution in [3.63, 3.8) is 0 Å². The van der Waals surface area contributed by atoms with Gasteiger partial charge in [0.1, 0.15) is 49.4 Å². The van der Waals surface area contributed by atoms with Crippen LogP contribution >= 0.6 is 0 Å². The van der Waals surface area contributed by atoms with Crippen molar-refractivity contribution in [3.8, 4) is 28.7 Å². The zero-order valence-electron chi connectivity index (χ0n) is 31.4. The maximum atomic E-state index is 14.2. The summed E-state index contributed by atoms with van der Waals surface area (Å²) in [5.41, 5.74) is 15.5. The predicted octanol–water partition coefficient (Wildman–Crippen LogP) is 0.598. The number of hydrogen-bond donors (Lipinski definition) is 6. The van der Waals surface area contributed by atoms with Gasteiger partial charge in [0.2, 0.25) is 23.6 Å². The molecule has 5 amide bonds. The van der Waals surface area contributed by atoms with Crippen LogP contribution in [0.4, 0.5) is 0 Å². The highest BCUT2D eigenvalue weighted by Crippen LogP contribution is 2.40. The lowest BCUT2D eigenvalue weighted by Crippen LogP contribution is -2.55. The Hall–Kier alpha value is -6.02. The molecular formula is C39H48N8O8. The average Bonchev–Trinajstić information content (AvgIpc) is 3.17. The number of carbonyl (C=O) groups excluding carboxylic acids is 5. The molecule has 0 saturated heterocycles. The molecule has 3 aromatic rings. The molecule has 3 atom stereocenters. The Labute approximate surface area is 319 Å². The number of benzene rings is 3. The molecular weight excluding hydrogens is 708 g/mol. The van der Waals surface area contributed by atoms with Crippen LogP contribution < -0.4 is 42.2 Å². The molecule has 0 radical (unpaired) electrons. The van der Waals surface area contributed by atoms with E-state index in [2.05, 4.69) is 21.3 Å². The fraction of sp³-hybridized carbons (Fsp3) is 0.385. The van der Waals surface area contributed by atoms with Gasteiger partial charge in [0.25, 0.3) is 5.91 Å². The number of nitrogens with zero attached hydrogens (tertiary/aromatic N) is 2. The Balaban J connectivity index is 1.80. The minimum absolute atomic E-state index is 0.0227. The molecule has 1 aliphatic heterocycles. The Morgan fingerprint density at radius 1 is 0.927 bits per heavy atom. The molecule has 0 fully saturated rings. The first kappa shape index (κ1) is 41.7. The summed E-state index contributed by atoms with van der Waals surface area (Å²) in [4.78, 5) is 69.0. The summed E-state index contributed by atoms with van der Waals surface area (Å²) < 4.78 is 17.2. The Morgan fingerprint density at radius 3 is 2.24 bits per heavy atom. The van der Waals surface area contributed by atoms with Crippen LogP contribution in [-0.4, -0.2) is 100 Å². The number of nitrogens with two attached hydrogens (primary N) is 2. The summed E-state index contributed by atoms with van der Waals surface area (Å²) in [5, 5.41) is 19.6. The zero-order chi connectivity index (χ0) is 40.1. The maximum Gasteiger partial charge on any atom is 0.251 e. The Bertz CT molecular complexity index is 1930. The third kappa shape index (κ3) is 10.8. The number of nitrogens with one attached hydrogen (secondary N) is 4. The second kappa shape index (κ2) is 19.9. The SMILES string of the molecule is COCc1ccc(C(=O)NCC(=O)N(C)[C@@H]2C(=O)N[C@@H](C)C(=O)N[C@H](C(=O)NCC#N)Cc3ccc(OCCN)c(c3)-c3cc2ccc3OCCN)c(C)c1. The number of carbonyl (C=O) groups is 5. The second-order valence-corrected chi connectivity index (χ2v) is 12.9. The first-order valence-electron chi connectivity index (χ1n) is 17.7. The molecule has 8 N–H and O–H groups in total. The molecule has 1 aliphatic rings. The highest BCUT2D eigenvalue weighted by Gasteiger charge is 2.33. The molecule has 292 valence electrons. The number of hydrogen-bond acceptors (Lipinski definition) is 11. The number of amides is 5. The van der Waals surface area contributed by atoms with Crippen LogP contribution in [0.1, 0.15) is 45.6 Å². The van der Waals surface area contributed by atoms with Crippen molar-refractivity contribution in [2.24, 2.45) is 11.5 Å². The molecule has 16 nitrogen and oxygen atoms in total. The van der Waals surface area contributed by atoms with Gasteiger partial charge in [-0.15, -0.1) is 0 Å². The largest absolute Gasteiger partial charge is 0.492 e. The molecule has 55 heavy (non-hydrogen) atoms. The van der Waals surface area contributed by atoms with Crippen LogP contribution in [0.25, 0.3) is 11.1 Å². The third-order valence-corrected chi connectivity index (χ3v) is 8.85. The number of nitriles is 1. The van der Waals surface area contributed by atoms with Crippen molar-refractivity contribution in [1.82, 2.24) is 26.2 Å². The lowest BCUT2D eigenvalue weighted by molar-refractivity contribution is -0.139. The van der Waals surface area contributed by atoms with Crippen LogP contribution in [0.15, 0.2) is 54.6 Å². The smallest absolute Gasteiger partial charge is 0.251 e. The van der Waals surface area contributed by atoms with Crippen molar-refractivity contribution < 1.29 is 38.2 Å². The molecule has 0 aliphatic carbocycles. The van der Waals surface area contributed by atoms with Gasteiger partial charge in [-0.25, -0.2) is 0 Å². The van der Waals surface area contributed by atoms with Crippen LogP contribution in [0.3, 0.4) is 0 Å². The van der Waals surface area contributed by atoms with E-state index in [1.165, 1.54) is 18.9 Å². The predicted molar refractivity (Wildman–Crippen MR) is 203 cm³/mol. The summed E-state index contributed by atoms with van der Waals surface area (Å²) in [6.07, 6.45) is 0.0227. The van der Waals surface area contributed by atoms with Crippen LogP contribution in [0.5, 0.6) is 11.5 Å². The Kier molecular flexibility index (Phi) is 15.1. The van der Waals surface area contributed by atoms with Crippen LogP contribution in [-0.2, 0) is 36.9 Å².